The van der Waals surface area contributed by atoms with Gasteiger partial charge in [0.2, 0.25) is 0 Å². The molecule has 0 saturated carbocycles. The third-order valence-electron chi connectivity index (χ3n) is 3.96. The quantitative estimate of drug-likeness (QED) is 0.724. The number of ether oxygens (including phenoxy) is 1. The molecule has 1 aromatic carbocycles. The molecular formula is C17H16FN3O2S. The molecule has 0 amide bonds. The number of rotatable bonds is 4. The molecule has 3 aromatic rings. The number of hydrogen-bond acceptors (Lipinski definition) is 6. The molecule has 124 valence electrons. The number of morpholine rings is 1. The summed E-state index contributed by atoms with van der Waals surface area (Å²) in [6.45, 7) is 2.96. The molecule has 7 heteroatoms. The molecule has 24 heavy (non-hydrogen) atoms. The standard InChI is InChI=1S/C17H16FN3O2S/c18-13-3-1-12(2-4-13)15-9-14(23-20-15)10-21-6-7-22-16(11-21)17-19-5-8-24-17/h1-5,8-9,16H,6-7,10-11H2/t16-/m0/s1. The molecule has 0 aliphatic carbocycles. The summed E-state index contributed by atoms with van der Waals surface area (Å²) in [4.78, 5) is 6.60. The molecule has 0 radical (unpaired) electrons. The summed E-state index contributed by atoms with van der Waals surface area (Å²) in [6, 6.07) is 8.14. The van der Waals surface area contributed by atoms with Crippen molar-refractivity contribution in [2.24, 2.45) is 0 Å². The maximum absolute atomic E-state index is 13.0. The topological polar surface area (TPSA) is 51.4 Å². The van der Waals surface area contributed by atoms with Gasteiger partial charge in [-0.2, -0.15) is 0 Å². The predicted molar refractivity (Wildman–Crippen MR) is 88.0 cm³/mol. The first-order valence-corrected chi connectivity index (χ1v) is 8.61. The molecule has 0 spiro atoms. The number of halogens is 1. The van der Waals surface area contributed by atoms with Crippen LogP contribution in [0.4, 0.5) is 4.39 Å². The Morgan fingerprint density at radius 1 is 1.29 bits per heavy atom. The Bertz CT molecular complexity index is 789. The Balaban J connectivity index is 1.43. The van der Waals surface area contributed by atoms with Crippen molar-refractivity contribution < 1.29 is 13.7 Å². The second-order valence-electron chi connectivity index (χ2n) is 5.65. The second kappa shape index (κ2) is 6.80. The van der Waals surface area contributed by atoms with E-state index in [0.29, 0.717) is 13.2 Å². The summed E-state index contributed by atoms with van der Waals surface area (Å²) in [5.74, 6) is 0.526. The van der Waals surface area contributed by atoms with Crippen molar-refractivity contribution in [3.63, 3.8) is 0 Å². The van der Waals surface area contributed by atoms with Crippen LogP contribution in [-0.4, -0.2) is 34.7 Å². The summed E-state index contributed by atoms with van der Waals surface area (Å²) < 4.78 is 24.2. The van der Waals surface area contributed by atoms with Crippen LogP contribution in [0.2, 0.25) is 0 Å². The summed E-state index contributed by atoms with van der Waals surface area (Å²) in [5, 5.41) is 7.05. The fraction of sp³-hybridized carbons (Fsp3) is 0.294. The Hall–Kier alpha value is -2.09. The van der Waals surface area contributed by atoms with Gasteiger partial charge in [0.05, 0.1) is 13.2 Å². The van der Waals surface area contributed by atoms with Crippen LogP contribution in [-0.2, 0) is 11.3 Å². The van der Waals surface area contributed by atoms with E-state index in [1.54, 1.807) is 29.7 Å². The van der Waals surface area contributed by atoms with Gasteiger partial charge in [-0.05, 0) is 24.3 Å². The third-order valence-corrected chi connectivity index (χ3v) is 4.82. The number of benzene rings is 1. The van der Waals surface area contributed by atoms with Crippen LogP contribution < -0.4 is 0 Å². The van der Waals surface area contributed by atoms with Crippen LogP contribution in [0.1, 0.15) is 16.9 Å². The van der Waals surface area contributed by atoms with Crippen molar-refractivity contribution in [1.82, 2.24) is 15.0 Å². The SMILES string of the molecule is Fc1ccc(-c2cc(CN3CCO[C@H](c4nccs4)C3)on2)cc1. The summed E-state index contributed by atoms with van der Waals surface area (Å²) >= 11 is 1.61. The van der Waals surface area contributed by atoms with Crippen molar-refractivity contribution in [3.8, 4) is 11.3 Å². The van der Waals surface area contributed by atoms with E-state index in [2.05, 4.69) is 15.0 Å². The Labute approximate surface area is 142 Å². The molecule has 1 saturated heterocycles. The van der Waals surface area contributed by atoms with E-state index >= 15 is 0 Å². The highest BCUT2D eigenvalue weighted by Gasteiger charge is 2.24. The maximum Gasteiger partial charge on any atom is 0.151 e. The predicted octanol–water partition coefficient (Wildman–Crippen LogP) is 3.51. The highest BCUT2D eigenvalue weighted by Crippen LogP contribution is 2.26. The smallest absolute Gasteiger partial charge is 0.151 e. The van der Waals surface area contributed by atoms with Crippen LogP contribution in [0.25, 0.3) is 11.3 Å². The molecule has 1 aliphatic heterocycles. The van der Waals surface area contributed by atoms with Gasteiger partial charge >= 0.3 is 0 Å². The fourth-order valence-corrected chi connectivity index (χ4v) is 3.43. The van der Waals surface area contributed by atoms with E-state index in [4.69, 9.17) is 9.26 Å². The first-order valence-electron chi connectivity index (χ1n) is 7.73. The Morgan fingerprint density at radius 3 is 2.96 bits per heavy atom. The van der Waals surface area contributed by atoms with Crippen LogP contribution >= 0.6 is 11.3 Å². The Morgan fingerprint density at radius 2 is 2.17 bits per heavy atom. The summed E-state index contributed by atoms with van der Waals surface area (Å²) in [6.07, 6.45) is 1.81. The van der Waals surface area contributed by atoms with Crippen molar-refractivity contribution in [2.75, 3.05) is 19.7 Å². The number of hydrogen-bond donors (Lipinski definition) is 0. The van der Waals surface area contributed by atoms with E-state index in [1.165, 1.54) is 12.1 Å². The lowest BCUT2D eigenvalue weighted by Crippen LogP contribution is -2.37. The van der Waals surface area contributed by atoms with Crippen molar-refractivity contribution in [2.45, 2.75) is 12.6 Å². The van der Waals surface area contributed by atoms with E-state index in [1.807, 2.05) is 11.4 Å². The molecule has 1 atom stereocenters. The summed E-state index contributed by atoms with van der Waals surface area (Å²) in [5.41, 5.74) is 1.56. The molecule has 3 heterocycles. The average molecular weight is 345 g/mol. The third kappa shape index (κ3) is 3.38. The van der Waals surface area contributed by atoms with Crippen LogP contribution in [0, 0.1) is 5.82 Å². The molecular weight excluding hydrogens is 329 g/mol. The van der Waals surface area contributed by atoms with Crippen LogP contribution in [0.5, 0.6) is 0 Å². The maximum atomic E-state index is 13.0. The minimum Gasteiger partial charge on any atom is -0.368 e. The zero-order valence-corrected chi connectivity index (χ0v) is 13.7. The highest BCUT2D eigenvalue weighted by molar-refractivity contribution is 7.09. The van der Waals surface area contributed by atoms with Gasteiger partial charge in [-0.3, -0.25) is 4.90 Å². The lowest BCUT2D eigenvalue weighted by Gasteiger charge is -2.31. The fourth-order valence-electron chi connectivity index (χ4n) is 2.75. The normalized spacial score (nSPS) is 18.8. The van der Waals surface area contributed by atoms with Gasteiger partial charge in [-0.15, -0.1) is 11.3 Å². The molecule has 1 aliphatic rings. The molecule has 2 aromatic heterocycles. The molecule has 4 rings (SSSR count). The van der Waals surface area contributed by atoms with E-state index in [0.717, 1.165) is 35.1 Å². The van der Waals surface area contributed by atoms with Crippen molar-refractivity contribution in [1.29, 1.82) is 0 Å². The zero-order chi connectivity index (χ0) is 16.4. The lowest BCUT2D eigenvalue weighted by atomic mass is 10.1. The average Bonchev–Trinajstić information content (AvgIpc) is 3.28. The Kier molecular flexibility index (Phi) is 4.38. The van der Waals surface area contributed by atoms with Crippen LogP contribution in [0.15, 0.2) is 46.4 Å². The zero-order valence-electron chi connectivity index (χ0n) is 12.9. The highest BCUT2D eigenvalue weighted by atomic mass is 32.1. The van der Waals surface area contributed by atoms with Gasteiger partial charge in [0, 0.05) is 36.3 Å². The van der Waals surface area contributed by atoms with Crippen molar-refractivity contribution >= 4 is 11.3 Å². The van der Waals surface area contributed by atoms with Gasteiger partial charge in [-0.25, -0.2) is 9.37 Å². The molecule has 5 nitrogen and oxygen atoms in total. The van der Waals surface area contributed by atoms with Gasteiger partial charge in [0.1, 0.15) is 22.6 Å². The van der Waals surface area contributed by atoms with E-state index in [9.17, 15) is 4.39 Å². The van der Waals surface area contributed by atoms with Crippen molar-refractivity contribution in [3.05, 3.63) is 58.5 Å². The first kappa shape index (κ1) is 15.4. The number of nitrogens with zero attached hydrogens (tertiary/aromatic N) is 3. The van der Waals surface area contributed by atoms with Gasteiger partial charge in [0.25, 0.3) is 0 Å². The minimum atomic E-state index is -0.260. The van der Waals surface area contributed by atoms with Gasteiger partial charge < -0.3 is 9.26 Å². The minimum absolute atomic E-state index is 0.0123. The van der Waals surface area contributed by atoms with E-state index in [-0.39, 0.29) is 11.9 Å². The van der Waals surface area contributed by atoms with Gasteiger partial charge in [0.15, 0.2) is 5.76 Å². The molecule has 0 bridgehead atoms. The van der Waals surface area contributed by atoms with Gasteiger partial charge in [-0.1, -0.05) is 5.16 Å². The molecule has 1 fully saturated rings. The largest absolute Gasteiger partial charge is 0.368 e. The molecule has 0 unspecified atom stereocenters. The number of thiazole rings is 1. The summed E-state index contributed by atoms with van der Waals surface area (Å²) in [7, 11) is 0. The monoisotopic (exact) mass is 345 g/mol. The lowest BCUT2D eigenvalue weighted by molar-refractivity contribution is -0.0351. The first-order chi connectivity index (χ1) is 11.8. The number of aromatic nitrogens is 2. The van der Waals surface area contributed by atoms with Crippen LogP contribution in [0.3, 0.4) is 0 Å². The second-order valence-corrected chi connectivity index (χ2v) is 6.58. The van der Waals surface area contributed by atoms with E-state index < -0.39 is 0 Å². The molecule has 0 N–H and O–H groups in total.